The van der Waals surface area contributed by atoms with Crippen molar-refractivity contribution in [1.82, 2.24) is 5.32 Å². The molecule has 0 spiro atoms. The second kappa shape index (κ2) is 6.57. The second-order valence-corrected chi connectivity index (χ2v) is 4.97. The Labute approximate surface area is 114 Å². The largest absolute Gasteiger partial charge is 0.494 e. The van der Waals surface area contributed by atoms with Gasteiger partial charge < -0.3 is 14.8 Å². The van der Waals surface area contributed by atoms with Crippen LogP contribution in [0.3, 0.4) is 0 Å². The first-order valence-corrected chi connectivity index (χ1v) is 6.72. The van der Waals surface area contributed by atoms with Gasteiger partial charge in [0.15, 0.2) is 0 Å². The molecule has 1 aliphatic rings. The Balaban J connectivity index is 1.77. The van der Waals surface area contributed by atoms with E-state index in [4.69, 9.17) is 9.47 Å². The van der Waals surface area contributed by atoms with Gasteiger partial charge in [-0.2, -0.15) is 0 Å². The Morgan fingerprint density at radius 1 is 1.37 bits per heavy atom. The number of carbonyl (C=O) groups is 1. The van der Waals surface area contributed by atoms with Gasteiger partial charge >= 0.3 is 5.97 Å². The van der Waals surface area contributed by atoms with Crippen LogP contribution >= 0.6 is 0 Å². The first-order valence-electron chi connectivity index (χ1n) is 6.72. The molecule has 0 radical (unpaired) electrons. The highest BCUT2D eigenvalue weighted by Crippen LogP contribution is 2.20. The smallest absolute Gasteiger partial charge is 0.322 e. The summed E-state index contributed by atoms with van der Waals surface area (Å²) in [6.07, 6.45) is 2.91. The molecular formula is C15H21NO3. The highest BCUT2D eigenvalue weighted by atomic mass is 16.5. The van der Waals surface area contributed by atoms with Crippen molar-refractivity contribution < 1.29 is 14.3 Å². The molecule has 0 heterocycles. The lowest BCUT2D eigenvalue weighted by Crippen LogP contribution is -2.40. The van der Waals surface area contributed by atoms with E-state index in [9.17, 15) is 4.79 Å². The van der Waals surface area contributed by atoms with Crippen LogP contribution < -0.4 is 10.1 Å². The molecule has 1 atom stereocenters. The third-order valence-corrected chi connectivity index (χ3v) is 3.20. The molecule has 104 valence electrons. The zero-order chi connectivity index (χ0) is 13.7. The lowest BCUT2D eigenvalue weighted by Gasteiger charge is -2.16. The molecule has 1 aromatic carbocycles. The predicted molar refractivity (Wildman–Crippen MR) is 73.3 cm³/mol. The molecular weight excluding hydrogens is 242 g/mol. The molecule has 0 aliphatic heterocycles. The minimum Gasteiger partial charge on any atom is -0.494 e. The van der Waals surface area contributed by atoms with Gasteiger partial charge in [0.05, 0.1) is 13.7 Å². The molecule has 4 nitrogen and oxygen atoms in total. The van der Waals surface area contributed by atoms with Crippen molar-refractivity contribution in [2.75, 3.05) is 13.7 Å². The number of hydrogen-bond donors (Lipinski definition) is 1. The van der Waals surface area contributed by atoms with Gasteiger partial charge in [-0.05, 0) is 31.9 Å². The first kappa shape index (κ1) is 13.9. The Hall–Kier alpha value is -1.55. The van der Waals surface area contributed by atoms with Gasteiger partial charge in [0.1, 0.15) is 11.8 Å². The third kappa shape index (κ3) is 4.56. The van der Waals surface area contributed by atoms with Crippen LogP contribution in [-0.2, 0) is 9.53 Å². The van der Waals surface area contributed by atoms with Crippen molar-refractivity contribution in [3.05, 3.63) is 29.8 Å². The molecule has 1 N–H and O–H groups in total. The van der Waals surface area contributed by atoms with E-state index < -0.39 is 0 Å². The molecule has 1 unspecified atom stereocenters. The molecule has 1 fully saturated rings. The lowest BCUT2D eigenvalue weighted by atomic mass is 10.2. The molecule has 0 amide bonds. The second-order valence-electron chi connectivity index (χ2n) is 4.97. The Morgan fingerprint density at radius 3 is 2.63 bits per heavy atom. The molecule has 4 heteroatoms. The fraction of sp³-hybridized carbons (Fsp3) is 0.533. The summed E-state index contributed by atoms with van der Waals surface area (Å²) in [5.41, 5.74) is 1.20. The number of methoxy groups -OCH3 is 1. The topological polar surface area (TPSA) is 47.6 Å². The van der Waals surface area contributed by atoms with Crippen LogP contribution in [-0.4, -0.2) is 31.8 Å². The first-order chi connectivity index (χ1) is 9.19. The average Bonchev–Trinajstić information content (AvgIpc) is 3.23. The Kier molecular flexibility index (Phi) is 4.80. The number of esters is 1. The third-order valence-electron chi connectivity index (χ3n) is 3.20. The molecule has 19 heavy (non-hydrogen) atoms. The molecule has 1 aliphatic carbocycles. The van der Waals surface area contributed by atoms with Crippen LogP contribution in [0.4, 0.5) is 0 Å². The summed E-state index contributed by atoms with van der Waals surface area (Å²) in [4.78, 5) is 11.6. The van der Waals surface area contributed by atoms with Gasteiger partial charge in [-0.1, -0.05) is 17.7 Å². The number of nitrogens with one attached hydrogen (secondary N) is 1. The van der Waals surface area contributed by atoms with E-state index in [2.05, 4.69) is 5.32 Å². The molecule has 0 saturated heterocycles. The molecule has 0 bridgehead atoms. The lowest BCUT2D eigenvalue weighted by molar-refractivity contribution is -0.143. The van der Waals surface area contributed by atoms with E-state index >= 15 is 0 Å². The molecule has 1 aromatic rings. The number of ether oxygens (including phenoxy) is 2. The standard InChI is InChI=1S/C15H21NO3/c1-11-3-7-13(8-4-11)19-10-9-14(15(17)18-2)16-12-5-6-12/h3-4,7-8,12,14,16H,5-6,9-10H2,1-2H3. The highest BCUT2D eigenvalue weighted by molar-refractivity contribution is 5.75. The normalized spacial score (nSPS) is 15.9. The van der Waals surface area contributed by atoms with Gasteiger partial charge in [-0.25, -0.2) is 0 Å². The number of benzene rings is 1. The minimum absolute atomic E-state index is 0.209. The van der Waals surface area contributed by atoms with Crippen LogP contribution in [0.2, 0.25) is 0 Å². The Morgan fingerprint density at radius 2 is 2.05 bits per heavy atom. The van der Waals surface area contributed by atoms with Crippen molar-refractivity contribution in [3.63, 3.8) is 0 Å². The zero-order valence-electron chi connectivity index (χ0n) is 11.5. The maximum Gasteiger partial charge on any atom is 0.322 e. The summed E-state index contributed by atoms with van der Waals surface area (Å²) >= 11 is 0. The number of hydrogen-bond acceptors (Lipinski definition) is 4. The molecule has 2 rings (SSSR count). The summed E-state index contributed by atoms with van der Waals surface area (Å²) in [6.45, 7) is 2.54. The highest BCUT2D eigenvalue weighted by Gasteiger charge is 2.28. The van der Waals surface area contributed by atoms with Crippen LogP contribution in [0.1, 0.15) is 24.8 Å². The van der Waals surface area contributed by atoms with Gasteiger partial charge in [0, 0.05) is 12.5 Å². The van der Waals surface area contributed by atoms with Crippen LogP contribution in [0.15, 0.2) is 24.3 Å². The van der Waals surface area contributed by atoms with Crippen molar-refractivity contribution in [2.45, 2.75) is 38.3 Å². The molecule has 0 aromatic heterocycles. The van der Waals surface area contributed by atoms with E-state index in [1.54, 1.807) is 0 Å². The SMILES string of the molecule is COC(=O)C(CCOc1ccc(C)cc1)NC1CC1. The average molecular weight is 263 g/mol. The predicted octanol–water partition coefficient (Wildman–Crippen LogP) is 2.06. The van der Waals surface area contributed by atoms with Crippen LogP contribution in [0.5, 0.6) is 5.75 Å². The maximum absolute atomic E-state index is 11.6. The molecule has 1 saturated carbocycles. The monoisotopic (exact) mass is 263 g/mol. The van der Waals surface area contributed by atoms with E-state index in [1.807, 2.05) is 31.2 Å². The van der Waals surface area contributed by atoms with Gasteiger partial charge in [-0.15, -0.1) is 0 Å². The fourth-order valence-corrected chi connectivity index (χ4v) is 1.88. The summed E-state index contributed by atoms with van der Waals surface area (Å²) in [5.74, 6) is 0.625. The summed E-state index contributed by atoms with van der Waals surface area (Å²) in [6, 6.07) is 8.12. The summed E-state index contributed by atoms with van der Waals surface area (Å²) in [5, 5.41) is 3.28. The minimum atomic E-state index is -0.261. The van der Waals surface area contributed by atoms with Crippen molar-refractivity contribution in [3.8, 4) is 5.75 Å². The zero-order valence-corrected chi connectivity index (χ0v) is 11.5. The van der Waals surface area contributed by atoms with E-state index in [0.717, 1.165) is 18.6 Å². The van der Waals surface area contributed by atoms with Crippen molar-refractivity contribution in [1.29, 1.82) is 0 Å². The maximum atomic E-state index is 11.6. The summed E-state index contributed by atoms with van der Waals surface area (Å²) < 4.78 is 10.4. The van der Waals surface area contributed by atoms with E-state index in [0.29, 0.717) is 19.1 Å². The van der Waals surface area contributed by atoms with E-state index in [-0.39, 0.29) is 12.0 Å². The number of carbonyl (C=O) groups excluding carboxylic acids is 1. The number of rotatable bonds is 7. The van der Waals surface area contributed by atoms with Crippen LogP contribution in [0, 0.1) is 6.92 Å². The van der Waals surface area contributed by atoms with E-state index in [1.165, 1.54) is 12.7 Å². The summed E-state index contributed by atoms with van der Waals surface area (Å²) in [7, 11) is 1.42. The fourth-order valence-electron chi connectivity index (χ4n) is 1.88. The number of aryl methyl sites for hydroxylation is 1. The van der Waals surface area contributed by atoms with Crippen LogP contribution in [0.25, 0.3) is 0 Å². The quantitative estimate of drug-likeness (QED) is 0.765. The van der Waals surface area contributed by atoms with Gasteiger partial charge in [0.25, 0.3) is 0 Å². The van der Waals surface area contributed by atoms with Gasteiger partial charge in [-0.3, -0.25) is 4.79 Å². The van der Waals surface area contributed by atoms with Gasteiger partial charge in [0.2, 0.25) is 0 Å². The van der Waals surface area contributed by atoms with Crippen molar-refractivity contribution >= 4 is 5.97 Å². The Bertz CT molecular complexity index is 412. The van der Waals surface area contributed by atoms with Crippen molar-refractivity contribution in [2.24, 2.45) is 0 Å².